The van der Waals surface area contributed by atoms with Crippen molar-refractivity contribution in [2.24, 2.45) is 0 Å². The van der Waals surface area contributed by atoms with Crippen molar-refractivity contribution in [1.82, 2.24) is 9.71 Å². The Bertz CT molecular complexity index is 1140. The largest absolute Gasteiger partial charge is 0.326 e. The van der Waals surface area contributed by atoms with Gasteiger partial charge >= 0.3 is 0 Å². The highest BCUT2D eigenvalue weighted by molar-refractivity contribution is 7.89. The molecule has 0 bridgehead atoms. The zero-order valence-electron chi connectivity index (χ0n) is 15.7. The highest BCUT2D eigenvalue weighted by Crippen LogP contribution is 2.20. The Hall–Kier alpha value is -3.30. The topological polar surface area (TPSA) is 117 Å². The predicted octanol–water partition coefficient (Wildman–Crippen LogP) is 2.50. The Kier molecular flexibility index (Phi) is 6.20. The smallest absolute Gasteiger partial charge is 0.240 e. The van der Waals surface area contributed by atoms with E-state index < -0.39 is 10.0 Å². The minimum absolute atomic E-state index is 0.0353. The lowest BCUT2D eigenvalue weighted by molar-refractivity contribution is -0.116. The van der Waals surface area contributed by atoms with Crippen LogP contribution >= 0.6 is 0 Å². The third-order valence-corrected chi connectivity index (χ3v) is 5.51. The summed E-state index contributed by atoms with van der Waals surface area (Å²) in [4.78, 5) is 27.5. The number of sulfonamides is 1. The zero-order valence-corrected chi connectivity index (χ0v) is 16.5. The lowest BCUT2D eigenvalue weighted by Gasteiger charge is -2.10. The molecular weight excluding hydrogens is 392 g/mol. The second-order valence-electron chi connectivity index (χ2n) is 6.28. The van der Waals surface area contributed by atoms with Crippen LogP contribution in [-0.4, -0.2) is 31.8 Å². The number of carbonyl (C=O) groups is 2. The monoisotopic (exact) mass is 412 g/mol. The zero-order chi connectivity index (χ0) is 20.9. The van der Waals surface area contributed by atoms with Crippen LogP contribution in [0.4, 0.5) is 11.4 Å². The molecule has 0 aliphatic rings. The summed E-state index contributed by atoms with van der Waals surface area (Å²) < 4.78 is 27.1. The fourth-order valence-electron chi connectivity index (χ4n) is 2.72. The number of fused-ring (bicyclic) bond motifs is 1. The third kappa shape index (κ3) is 5.37. The van der Waals surface area contributed by atoms with Gasteiger partial charge in [-0.2, -0.15) is 0 Å². The first-order chi connectivity index (χ1) is 13.8. The molecule has 0 fully saturated rings. The van der Waals surface area contributed by atoms with E-state index in [-0.39, 0.29) is 29.7 Å². The van der Waals surface area contributed by atoms with Crippen LogP contribution in [0, 0.1) is 0 Å². The van der Waals surface area contributed by atoms with E-state index in [1.807, 2.05) is 24.3 Å². The maximum atomic E-state index is 12.3. The van der Waals surface area contributed by atoms with E-state index >= 15 is 0 Å². The molecule has 1 aromatic heterocycles. The molecule has 9 heteroatoms. The van der Waals surface area contributed by atoms with Crippen molar-refractivity contribution in [2.75, 3.05) is 17.2 Å². The molecule has 0 radical (unpaired) electrons. The maximum absolute atomic E-state index is 12.3. The van der Waals surface area contributed by atoms with E-state index in [2.05, 4.69) is 20.3 Å². The van der Waals surface area contributed by atoms with Gasteiger partial charge in [-0.05, 0) is 36.4 Å². The molecule has 1 heterocycles. The lowest BCUT2D eigenvalue weighted by atomic mass is 10.2. The van der Waals surface area contributed by atoms with Crippen LogP contribution in [-0.2, 0) is 19.6 Å². The van der Waals surface area contributed by atoms with Crippen molar-refractivity contribution >= 4 is 44.1 Å². The Morgan fingerprint density at radius 2 is 1.69 bits per heavy atom. The van der Waals surface area contributed by atoms with Crippen LogP contribution in [0.15, 0.2) is 65.7 Å². The Balaban J connectivity index is 1.57. The SMILES string of the molecule is CC(=O)Nc1ccc(S(=O)(=O)NCCC(=O)Nc2cccc3cccnc23)cc1. The van der Waals surface area contributed by atoms with Gasteiger partial charge in [-0.25, -0.2) is 13.1 Å². The molecule has 3 rings (SSSR count). The van der Waals surface area contributed by atoms with Crippen molar-refractivity contribution in [3.05, 3.63) is 60.8 Å². The summed E-state index contributed by atoms with van der Waals surface area (Å²) in [7, 11) is -3.76. The number of para-hydroxylation sites is 1. The number of hydrogen-bond donors (Lipinski definition) is 3. The number of hydrogen-bond acceptors (Lipinski definition) is 5. The number of benzene rings is 2. The molecule has 0 saturated heterocycles. The minimum Gasteiger partial charge on any atom is -0.326 e. The Labute approximate surface area is 168 Å². The molecule has 0 saturated carbocycles. The molecule has 0 aliphatic carbocycles. The highest BCUT2D eigenvalue weighted by atomic mass is 32.2. The summed E-state index contributed by atoms with van der Waals surface area (Å²) in [6.07, 6.45) is 1.61. The van der Waals surface area contributed by atoms with Crippen molar-refractivity contribution < 1.29 is 18.0 Å². The number of nitrogens with zero attached hydrogens (tertiary/aromatic N) is 1. The number of pyridine rings is 1. The van der Waals surface area contributed by atoms with Gasteiger partial charge in [0, 0.05) is 37.2 Å². The van der Waals surface area contributed by atoms with Crippen LogP contribution in [0.1, 0.15) is 13.3 Å². The van der Waals surface area contributed by atoms with Crippen LogP contribution < -0.4 is 15.4 Å². The first-order valence-corrected chi connectivity index (χ1v) is 10.3. The Morgan fingerprint density at radius 1 is 0.966 bits per heavy atom. The van der Waals surface area contributed by atoms with Crippen molar-refractivity contribution in [2.45, 2.75) is 18.2 Å². The summed E-state index contributed by atoms with van der Waals surface area (Å²) in [6, 6.07) is 14.9. The van der Waals surface area contributed by atoms with Gasteiger partial charge in [0.1, 0.15) is 0 Å². The standard InChI is InChI=1S/C20H20N4O4S/c1-14(25)23-16-7-9-17(10-8-16)29(27,28)22-13-11-19(26)24-18-6-2-4-15-5-3-12-21-20(15)18/h2-10,12,22H,11,13H2,1H3,(H,23,25)(H,24,26). The van der Waals surface area contributed by atoms with Gasteiger partial charge in [0.05, 0.1) is 16.1 Å². The molecule has 3 aromatic rings. The van der Waals surface area contributed by atoms with Gasteiger partial charge in [-0.1, -0.05) is 18.2 Å². The quantitative estimate of drug-likeness (QED) is 0.551. The van der Waals surface area contributed by atoms with Crippen LogP contribution in [0.5, 0.6) is 0 Å². The Morgan fingerprint density at radius 3 is 2.41 bits per heavy atom. The molecule has 0 aliphatic heterocycles. The summed E-state index contributed by atoms with van der Waals surface area (Å²) in [5.41, 5.74) is 1.74. The van der Waals surface area contributed by atoms with E-state index in [9.17, 15) is 18.0 Å². The number of aromatic nitrogens is 1. The molecule has 8 nitrogen and oxygen atoms in total. The van der Waals surface area contributed by atoms with Gasteiger partial charge < -0.3 is 10.6 Å². The van der Waals surface area contributed by atoms with Gasteiger partial charge in [-0.3, -0.25) is 14.6 Å². The van der Waals surface area contributed by atoms with Crippen LogP contribution in [0.2, 0.25) is 0 Å². The molecule has 2 amide bonds. The van der Waals surface area contributed by atoms with Gasteiger partial charge in [-0.15, -0.1) is 0 Å². The summed E-state index contributed by atoms with van der Waals surface area (Å²) in [5.74, 6) is -0.571. The molecule has 29 heavy (non-hydrogen) atoms. The average Bonchev–Trinajstić information content (AvgIpc) is 2.68. The van der Waals surface area contributed by atoms with Gasteiger partial charge in [0.15, 0.2) is 0 Å². The molecule has 3 N–H and O–H groups in total. The van der Waals surface area contributed by atoms with E-state index in [0.29, 0.717) is 16.9 Å². The first kappa shape index (κ1) is 20.4. The van der Waals surface area contributed by atoms with E-state index in [4.69, 9.17) is 0 Å². The van der Waals surface area contributed by atoms with Crippen LogP contribution in [0.25, 0.3) is 10.9 Å². The fraction of sp³-hybridized carbons (Fsp3) is 0.150. The number of carbonyl (C=O) groups excluding carboxylic acids is 2. The molecule has 2 aromatic carbocycles. The van der Waals surface area contributed by atoms with Crippen molar-refractivity contribution in [1.29, 1.82) is 0 Å². The summed E-state index contributed by atoms with van der Waals surface area (Å²) >= 11 is 0. The van der Waals surface area contributed by atoms with Gasteiger partial charge in [0.2, 0.25) is 21.8 Å². The number of amides is 2. The fourth-order valence-corrected chi connectivity index (χ4v) is 3.75. The summed E-state index contributed by atoms with van der Waals surface area (Å²) in [5, 5.41) is 6.22. The minimum atomic E-state index is -3.76. The lowest BCUT2D eigenvalue weighted by Crippen LogP contribution is -2.27. The average molecular weight is 412 g/mol. The molecule has 150 valence electrons. The van der Waals surface area contributed by atoms with Crippen LogP contribution in [0.3, 0.4) is 0 Å². The summed E-state index contributed by atoms with van der Waals surface area (Å²) in [6.45, 7) is 1.31. The van der Waals surface area contributed by atoms with Gasteiger partial charge in [0.25, 0.3) is 0 Å². The van der Waals surface area contributed by atoms with E-state index in [1.54, 1.807) is 12.3 Å². The molecule has 0 atom stereocenters. The first-order valence-electron chi connectivity index (χ1n) is 8.86. The second kappa shape index (κ2) is 8.80. The van der Waals surface area contributed by atoms with Crippen molar-refractivity contribution in [3.63, 3.8) is 0 Å². The maximum Gasteiger partial charge on any atom is 0.240 e. The highest BCUT2D eigenvalue weighted by Gasteiger charge is 2.15. The predicted molar refractivity (Wildman–Crippen MR) is 111 cm³/mol. The molecular formula is C20H20N4O4S. The number of anilines is 2. The van der Waals surface area contributed by atoms with E-state index in [1.165, 1.54) is 31.2 Å². The second-order valence-corrected chi connectivity index (χ2v) is 8.05. The third-order valence-electron chi connectivity index (χ3n) is 4.04. The number of nitrogens with one attached hydrogen (secondary N) is 3. The molecule has 0 unspecified atom stereocenters. The normalized spacial score (nSPS) is 11.2. The number of rotatable bonds is 7. The van der Waals surface area contributed by atoms with E-state index in [0.717, 1.165) is 5.39 Å². The molecule has 0 spiro atoms. The van der Waals surface area contributed by atoms with Crippen molar-refractivity contribution in [3.8, 4) is 0 Å².